The van der Waals surface area contributed by atoms with Crippen LogP contribution in [0.2, 0.25) is 0 Å². The molecule has 2 amide bonds. The summed E-state index contributed by atoms with van der Waals surface area (Å²) in [6.07, 6.45) is -2.32. The van der Waals surface area contributed by atoms with Crippen LogP contribution in [0.25, 0.3) is 21.3 Å². The molecular weight excluding hydrogens is 517 g/mol. The number of aromatic nitrogens is 5. The number of hydrogen-bond acceptors (Lipinski definition) is 8. The third-order valence-electron chi connectivity index (χ3n) is 5.56. The summed E-state index contributed by atoms with van der Waals surface area (Å²) in [4.78, 5) is 38.8. The van der Waals surface area contributed by atoms with Gasteiger partial charge in [-0.25, -0.2) is 4.98 Å². The lowest BCUT2D eigenvalue weighted by molar-refractivity contribution is -0.385. The number of amides is 2. The van der Waals surface area contributed by atoms with Crippen molar-refractivity contribution >= 4 is 44.7 Å². The van der Waals surface area contributed by atoms with E-state index < -0.39 is 35.2 Å². The molecule has 4 aromatic heterocycles. The molecule has 0 aliphatic carbocycles. The van der Waals surface area contributed by atoms with E-state index in [1.807, 2.05) is 6.92 Å². The highest BCUT2D eigenvalue weighted by Gasteiger charge is 2.35. The standard InChI is InChI=1S/C21H19F3N8O4S/c1-4-31-10(3)12(6-26-31)11-5-14(21(22,23)24)27-20-16(11)17(18(37-20)19(25)34)28-15(33)8-30-7-13(32(35)36)9(2)29-30/h5-7H,4,8H2,1-3H3,(H2,25,34)(H,28,33). The van der Waals surface area contributed by atoms with Crippen LogP contribution in [0.1, 0.15) is 33.7 Å². The number of thiophene rings is 1. The van der Waals surface area contributed by atoms with Gasteiger partial charge in [0.25, 0.3) is 5.91 Å². The lowest BCUT2D eigenvalue weighted by atomic mass is 10.0. The number of anilines is 1. The maximum atomic E-state index is 13.7. The van der Waals surface area contributed by atoms with Crippen molar-refractivity contribution in [1.29, 1.82) is 0 Å². The van der Waals surface area contributed by atoms with Crippen LogP contribution in [-0.2, 0) is 24.1 Å². The van der Waals surface area contributed by atoms with Gasteiger partial charge in [0.2, 0.25) is 5.91 Å². The topological polar surface area (TPSA) is 164 Å². The number of primary amides is 1. The van der Waals surface area contributed by atoms with Crippen LogP contribution in [0.5, 0.6) is 0 Å². The van der Waals surface area contributed by atoms with Gasteiger partial charge in [0.05, 0.1) is 16.8 Å². The molecule has 0 unspecified atom stereocenters. The molecule has 4 rings (SSSR count). The number of halogens is 3. The highest BCUT2D eigenvalue weighted by molar-refractivity contribution is 7.21. The molecule has 0 aliphatic heterocycles. The Labute approximate surface area is 210 Å². The van der Waals surface area contributed by atoms with Gasteiger partial charge in [-0.05, 0) is 32.4 Å². The molecule has 194 valence electrons. The molecule has 12 nitrogen and oxygen atoms in total. The molecular formula is C21H19F3N8O4S. The summed E-state index contributed by atoms with van der Waals surface area (Å²) in [6.45, 7) is 4.88. The highest BCUT2D eigenvalue weighted by Crippen LogP contribution is 2.44. The summed E-state index contributed by atoms with van der Waals surface area (Å²) in [6, 6.07) is 0.833. The minimum Gasteiger partial charge on any atom is -0.365 e. The second-order valence-electron chi connectivity index (χ2n) is 7.97. The van der Waals surface area contributed by atoms with Crippen molar-refractivity contribution in [1.82, 2.24) is 24.5 Å². The fourth-order valence-corrected chi connectivity index (χ4v) is 4.88. The van der Waals surface area contributed by atoms with E-state index in [9.17, 15) is 32.9 Å². The fourth-order valence-electron chi connectivity index (χ4n) is 3.87. The Morgan fingerprint density at radius 3 is 2.51 bits per heavy atom. The average Bonchev–Trinajstić information content (AvgIpc) is 3.47. The summed E-state index contributed by atoms with van der Waals surface area (Å²) in [5, 5.41) is 21.8. The van der Waals surface area contributed by atoms with Crippen molar-refractivity contribution in [2.75, 3.05) is 5.32 Å². The van der Waals surface area contributed by atoms with Crippen LogP contribution in [0.4, 0.5) is 24.5 Å². The van der Waals surface area contributed by atoms with Gasteiger partial charge in [-0.15, -0.1) is 11.3 Å². The summed E-state index contributed by atoms with van der Waals surface area (Å²) in [7, 11) is 0. The number of carbonyl (C=O) groups is 2. The Bertz CT molecular complexity index is 1570. The van der Waals surface area contributed by atoms with Gasteiger partial charge >= 0.3 is 11.9 Å². The molecule has 0 fully saturated rings. The fraction of sp³-hybridized carbons (Fsp3) is 0.286. The molecule has 0 saturated carbocycles. The Morgan fingerprint density at radius 1 is 1.27 bits per heavy atom. The number of nitrogens with zero attached hydrogens (tertiary/aromatic N) is 6. The number of nitrogens with one attached hydrogen (secondary N) is 1. The summed E-state index contributed by atoms with van der Waals surface area (Å²) < 4.78 is 43.7. The molecule has 16 heteroatoms. The highest BCUT2D eigenvalue weighted by atomic mass is 32.1. The normalized spacial score (nSPS) is 11.7. The molecule has 0 aliphatic rings. The minimum atomic E-state index is -4.79. The predicted molar refractivity (Wildman–Crippen MR) is 127 cm³/mol. The van der Waals surface area contributed by atoms with Crippen LogP contribution < -0.4 is 11.1 Å². The molecule has 37 heavy (non-hydrogen) atoms. The number of rotatable bonds is 7. The van der Waals surface area contributed by atoms with Gasteiger partial charge in [-0.1, -0.05) is 0 Å². The Hall–Kier alpha value is -4.34. The summed E-state index contributed by atoms with van der Waals surface area (Å²) in [5.74, 6) is -1.73. The van der Waals surface area contributed by atoms with Crippen LogP contribution in [0.3, 0.4) is 0 Å². The smallest absolute Gasteiger partial charge is 0.365 e. The first kappa shape index (κ1) is 25.7. The van der Waals surface area contributed by atoms with E-state index in [0.717, 1.165) is 16.9 Å². The van der Waals surface area contributed by atoms with Crippen molar-refractivity contribution in [2.24, 2.45) is 5.73 Å². The van der Waals surface area contributed by atoms with Crippen LogP contribution in [0.15, 0.2) is 18.5 Å². The number of nitro groups is 1. The van der Waals surface area contributed by atoms with Crippen molar-refractivity contribution in [3.8, 4) is 11.1 Å². The Balaban J connectivity index is 1.88. The zero-order valence-corrected chi connectivity index (χ0v) is 20.4. The Kier molecular flexibility index (Phi) is 6.45. The number of pyridine rings is 1. The predicted octanol–water partition coefficient (Wildman–Crippen LogP) is 3.66. The zero-order valence-electron chi connectivity index (χ0n) is 19.6. The number of carbonyl (C=O) groups excluding carboxylic acids is 2. The molecule has 0 atom stereocenters. The van der Waals surface area contributed by atoms with E-state index in [-0.39, 0.29) is 37.7 Å². The molecule has 0 bridgehead atoms. The van der Waals surface area contributed by atoms with E-state index in [1.54, 1.807) is 11.6 Å². The number of alkyl halides is 3. The largest absolute Gasteiger partial charge is 0.433 e. The lowest BCUT2D eigenvalue weighted by Gasteiger charge is -2.12. The van der Waals surface area contributed by atoms with Crippen LogP contribution >= 0.6 is 11.3 Å². The third-order valence-corrected chi connectivity index (χ3v) is 6.65. The van der Waals surface area contributed by atoms with Crippen molar-refractivity contribution in [2.45, 2.75) is 40.0 Å². The molecule has 4 heterocycles. The summed E-state index contributed by atoms with van der Waals surface area (Å²) >= 11 is 0.609. The maximum Gasteiger partial charge on any atom is 0.433 e. The van der Waals surface area contributed by atoms with E-state index >= 15 is 0 Å². The quantitative estimate of drug-likeness (QED) is 0.269. The number of nitrogens with two attached hydrogens (primary N) is 1. The molecule has 0 radical (unpaired) electrons. The first-order valence-electron chi connectivity index (χ1n) is 10.7. The first-order chi connectivity index (χ1) is 17.3. The van der Waals surface area contributed by atoms with E-state index in [1.165, 1.54) is 13.1 Å². The van der Waals surface area contributed by atoms with Crippen molar-refractivity contribution < 1.29 is 27.7 Å². The van der Waals surface area contributed by atoms with Gasteiger partial charge in [0.15, 0.2) is 0 Å². The van der Waals surface area contributed by atoms with E-state index in [0.29, 0.717) is 29.1 Å². The first-order valence-corrected chi connectivity index (χ1v) is 11.5. The second-order valence-corrected chi connectivity index (χ2v) is 8.96. The second kappa shape index (κ2) is 9.27. The monoisotopic (exact) mass is 536 g/mol. The zero-order chi connectivity index (χ0) is 27.2. The van der Waals surface area contributed by atoms with Crippen LogP contribution in [0, 0.1) is 24.0 Å². The van der Waals surface area contributed by atoms with Crippen molar-refractivity contribution in [3.63, 3.8) is 0 Å². The molecule has 0 spiro atoms. The summed E-state index contributed by atoms with van der Waals surface area (Å²) in [5.41, 5.74) is 4.95. The van der Waals surface area contributed by atoms with Gasteiger partial charge in [0, 0.05) is 23.2 Å². The SMILES string of the molecule is CCn1ncc(-c2cc(C(F)(F)F)nc3sc(C(N)=O)c(NC(=O)Cn4cc([N+](=O)[O-])c(C)n4)c23)c1C. The molecule has 3 N–H and O–H groups in total. The molecule has 4 aromatic rings. The van der Waals surface area contributed by atoms with E-state index in [2.05, 4.69) is 20.5 Å². The third kappa shape index (κ3) is 4.74. The van der Waals surface area contributed by atoms with Crippen molar-refractivity contribution in [3.05, 3.63) is 50.5 Å². The van der Waals surface area contributed by atoms with E-state index in [4.69, 9.17) is 5.73 Å². The average molecular weight is 536 g/mol. The Morgan fingerprint density at radius 2 is 1.97 bits per heavy atom. The van der Waals surface area contributed by atoms with Gasteiger partial charge < -0.3 is 11.1 Å². The minimum absolute atomic E-state index is 0.0548. The number of fused-ring (bicyclic) bond motifs is 1. The maximum absolute atomic E-state index is 13.7. The van der Waals surface area contributed by atoms with Crippen LogP contribution in [-0.4, -0.2) is 41.3 Å². The van der Waals surface area contributed by atoms with Gasteiger partial charge in [0.1, 0.15) is 33.8 Å². The molecule has 0 aromatic carbocycles. The number of hydrogen-bond donors (Lipinski definition) is 2. The lowest BCUT2D eigenvalue weighted by Crippen LogP contribution is -2.21. The van der Waals surface area contributed by atoms with Gasteiger partial charge in [-0.3, -0.25) is 29.1 Å². The number of aryl methyl sites for hydroxylation is 2. The molecule has 0 saturated heterocycles. The van der Waals surface area contributed by atoms with Gasteiger partial charge in [-0.2, -0.15) is 23.4 Å².